The van der Waals surface area contributed by atoms with Crippen LogP contribution in [0.4, 0.5) is 5.69 Å². The van der Waals surface area contributed by atoms with Crippen LogP contribution in [0.3, 0.4) is 0 Å². The first-order valence-corrected chi connectivity index (χ1v) is 11.3. The molecule has 0 radical (unpaired) electrons. The molecule has 0 saturated heterocycles. The van der Waals surface area contributed by atoms with E-state index in [9.17, 15) is 0 Å². The highest BCUT2D eigenvalue weighted by Gasteiger charge is 2.11. The van der Waals surface area contributed by atoms with Crippen molar-refractivity contribution in [2.24, 2.45) is 4.99 Å². The molecule has 32 heavy (non-hydrogen) atoms. The zero-order chi connectivity index (χ0) is 21.9. The molecule has 0 unspecified atom stereocenters. The fraction of sp³-hybridized carbons (Fsp3) is 0.542. The quantitative estimate of drug-likeness (QED) is 0.190. The summed E-state index contributed by atoms with van der Waals surface area (Å²) in [7, 11) is 2.17. The summed E-state index contributed by atoms with van der Waals surface area (Å²) in [4.78, 5) is 7.15. The number of halogens is 1. The van der Waals surface area contributed by atoms with Crippen molar-refractivity contribution < 1.29 is 13.9 Å². The van der Waals surface area contributed by atoms with Gasteiger partial charge in [0.25, 0.3) is 0 Å². The second kappa shape index (κ2) is 14.3. The number of aliphatic imine (C=N–C) groups is 1. The minimum atomic E-state index is 0. The number of rotatable bonds is 10. The van der Waals surface area contributed by atoms with Crippen LogP contribution < -0.4 is 20.1 Å². The second-order valence-electron chi connectivity index (χ2n) is 8.10. The number of hydrogen-bond acceptors (Lipinski definition) is 5. The van der Waals surface area contributed by atoms with Crippen LogP contribution in [0.15, 0.2) is 46.0 Å². The molecule has 0 bridgehead atoms. The highest BCUT2D eigenvalue weighted by atomic mass is 127. The molecule has 0 saturated carbocycles. The normalized spacial score (nSPS) is 13.6. The van der Waals surface area contributed by atoms with E-state index in [-0.39, 0.29) is 24.0 Å². The van der Waals surface area contributed by atoms with Gasteiger partial charge in [0.2, 0.25) is 0 Å². The molecule has 1 aliphatic rings. The zero-order valence-corrected chi connectivity index (χ0v) is 21.8. The first-order chi connectivity index (χ1) is 15.1. The Hall–Kier alpha value is -1.94. The molecule has 8 heteroatoms. The maximum Gasteiger partial charge on any atom is 0.195 e. The maximum absolute atomic E-state index is 5.81. The van der Waals surface area contributed by atoms with Crippen molar-refractivity contribution in [1.82, 2.24) is 10.2 Å². The van der Waals surface area contributed by atoms with Gasteiger partial charge in [-0.2, -0.15) is 0 Å². The van der Waals surface area contributed by atoms with Gasteiger partial charge in [-0.15, -0.1) is 24.0 Å². The molecule has 7 nitrogen and oxygen atoms in total. The average molecular weight is 556 g/mol. The number of benzene rings is 1. The highest BCUT2D eigenvalue weighted by Crippen LogP contribution is 2.32. The average Bonchev–Trinajstić information content (AvgIpc) is 3.16. The molecule has 3 rings (SSSR count). The van der Waals surface area contributed by atoms with Gasteiger partial charge in [-0.3, -0.25) is 4.99 Å². The molecule has 2 aromatic rings. The fourth-order valence-electron chi connectivity index (χ4n) is 3.20. The number of anilines is 1. The summed E-state index contributed by atoms with van der Waals surface area (Å²) in [6.07, 6.45) is 5.57. The monoisotopic (exact) mass is 556 g/mol. The lowest BCUT2D eigenvalue weighted by atomic mass is 10.2. The summed E-state index contributed by atoms with van der Waals surface area (Å²) in [5, 5.41) is 6.82. The number of guanidine groups is 1. The maximum atomic E-state index is 5.81. The Morgan fingerprint density at radius 2 is 1.94 bits per heavy atom. The molecule has 0 spiro atoms. The second-order valence-corrected chi connectivity index (χ2v) is 8.10. The lowest BCUT2D eigenvalue weighted by molar-refractivity contribution is 0.269. The summed E-state index contributed by atoms with van der Waals surface area (Å²) in [6, 6.07) is 10.4. The fourth-order valence-corrected chi connectivity index (χ4v) is 3.20. The molecule has 2 heterocycles. The van der Waals surface area contributed by atoms with Gasteiger partial charge in [0.15, 0.2) is 17.5 Å². The standard InChI is InChI=1S/C24H36N4O3.HI/c1-19(2)28(3)14-5-4-12-25-24(26-13-11-21-8-6-15-29-21)27-20-9-10-22-23(18-20)31-17-7-16-30-22;/h6,8-10,15,18-19H,4-5,7,11-14,16-17H2,1-3H3,(H2,25,26,27);1H. The Labute approximate surface area is 209 Å². The van der Waals surface area contributed by atoms with E-state index >= 15 is 0 Å². The number of furan rings is 1. The van der Waals surface area contributed by atoms with Gasteiger partial charge in [-0.25, -0.2) is 0 Å². The molecule has 0 aliphatic carbocycles. The van der Waals surface area contributed by atoms with Crippen molar-refractivity contribution in [3.05, 3.63) is 42.4 Å². The van der Waals surface area contributed by atoms with Crippen molar-refractivity contribution >= 4 is 35.6 Å². The van der Waals surface area contributed by atoms with E-state index in [0.29, 0.717) is 19.3 Å². The molecule has 1 aromatic heterocycles. The third-order valence-electron chi connectivity index (χ3n) is 5.32. The third kappa shape index (κ3) is 8.90. The Bertz CT molecular complexity index is 812. The largest absolute Gasteiger partial charge is 0.490 e. The van der Waals surface area contributed by atoms with Crippen LogP contribution in [0, 0.1) is 0 Å². The third-order valence-corrected chi connectivity index (χ3v) is 5.32. The van der Waals surface area contributed by atoms with Crippen LogP contribution in [0.25, 0.3) is 0 Å². The molecule has 0 amide bonds. The lowest BCUT2D eigenvalue weighted by Crippen LogP contribution is -2.32. The summed E-state index contributed by atoms with van der Waals surface area (Å²) >= 11 is 0. The van der Waals surface area contributed by atoms with E-state index in [1.165, 1.54) is 0 Å². The molecule has 1 aromatic carbocycles. The highest BCUT2D eigenvalue weighted by molar-refractivity contribution is 14.0. The van der Waals surface area contributed by atoms with Crippen LogP contribution >= 0.6 is 24.0 Å². The summed E-state index contributed by atoms with van der Waals surface area (Å²) in [5.41, 5.74) is 0.924. The Morgan fingerprint density at radius 1 is 1.12 bits per heavy atom. The van der Waals surface area contributed by atoms with E-state index in [1.807, 2.05) is 30.3 Å². The van der Waals surface area contributed by atoms with Crippen molar-refractivity contribution in [1.29, 1.82) is 0 Å². The van der Waals surface area contributed by atoms with Gasteiger partial charge in [0.05, 0.1) is 19.5 Å². The molecular weight excluding hydrogens is 519 g/mol. The van der Waals surface area contributed by atoms with Gasteiger partial charge in [0.1, 0.15) is 5.76 Å². The summed E-state index contributed by atoms with van der Waals surface area (Å²) < 4.78 is 17.0. The minimum Gasteiger partial charge on any atom is -0.490 e. The Morgan fingerprint density at radius 3 is 2.69 bits per heavy atom. The molecule has 0 atom stereocenters. The van der Waals surface area contributed by atoms with Crippen molar-refractivity contribution in [2.75, 3.05) is 45.2 Å². The lowest BCUT2D eigenvalue weighted by Gasteiger charge is -2.20. The topological polar surface area (TPSA) is 71.3 Å². The van der Waals surface area contributed by atoms with Gasteiger partial charge >= 0.3 is 0 Å². The molecule has 1 aliphatic heterocycles. The zero-order valence-electron chi connectivity index (χ0n) is 19.4. The first-order valence-electron chi connectivity index (χ1n) is 11.3. The number of nitrogens with one attached hydrogen (secondary N) is 2. The van der Waals surface area contributed by atoms with Crippen LogP contribution in [-0.4, -0.2) is 56.8 Å². The van der Waals surface area contributed by atoms with Gasteiger partial charge in [0, 0.05) is 43.7 Å². The van der Waals surface area contributed by atoms with Gasteiger partial charge < -0.3 is 29.4 Å². The van der Waals surface area contributed by atoms with E-state index in [4.69, 9.17) is 18.9 Å². The van der Waals surface area contributed by atoms with Crippen molar-refractivity contribution in [3.8, 4) is 11.5 Å². The van der Waals surface area contributed by atoms with Gasteiger partial charge in [-0.05, 0) is 64.5 Å². The van der Waals surface area contributed by atoms with Crippen LogP contribution in [0.1, 0.15) is 38.9 Å². The van der Waals surface area contributed by atoms with Crippen molar-refractivity contribution in [2.45, 2.75) is 45.6 Å². The number of fused-ring (bicyclic) bond motifs is 1. The molecule has 2 N–H and O–H groups in total. The molecular formula is C24H37IN4O3. The van der Waals surface area contributed by atoms with E-state index in [1.54, 1.807) is 6.26 Å². The van der Waals surface area contributed by atoms with E-state index in [0.717, 1.165) is 74.2 Å². The number of hydrogen-bond donors (Lipinski definition) is 2. The Balaban J connectivity index is 0.00000363. The minimum absolute atomic E-state index is 0. The van der Waals surface area contributed by atoms with Crippen LogP contribution in [-0.2, 0) is 6.42 Å². The first kappa shape index (κ1) is 26.3. The predicted octanol–water partition coefficient (Wildman–Crippen LogP) is 4.78. The van der Waals surface area contributed by atoms with Gasteiger partial charge in [-0.1, -0.05) is 0 Å². The SMILES string of the molecule is CC(C)N(C)CCCCN=C(NCCc1ccco1)Nc1ccc2c(c1)OCCCO2.I. The predicted molar refractivity (Wildman–Crippen MR) is 141 cm³/mol. The van der Waals surface area contributed by atoms with E-state index < -0.39 is 0 Å². The Kier molecular flexibility index (Phi) is 11.7. The van der Waals surface area contributed by atoms with Crippen LogP contribution in [0.2, 0.25) is 0 Å². The molecule has 0 fully saturated rings. The number of ether oxygens (including phenoxy) is 2. The van der Waals surface area contributed by atoms with Crippen molar-refractivity contribution in [3.63, 3.8) is 0 Å². The van der Waals surface area contributed by atoms with Crippen LogP contribution in [0.5, 0.6) is 11.5 Å². The molecule has 178 valence electrons. The summed E-state index contributed by atoms with van der Waals surface area (Å²) in [5.74, 6) is 3.29. The smallest absolute Gasteiger partial charge is 0.195 e. The number of unbranched alkanes of at least 4 members (excludes halogenated alkanes) is 1. The number of nitrogens with zero attached hydrogens (tertiary/aromatic N) is 2. The summed E-state index contributed by atoms with van der Waals surface area (Å²) in [6.45, 7) is 8.39. The van der Waals surface area contributed by atoms with E-state index in [2.05, 4.69) is 36.4 Å².